The first kappa shape index (κ1) is 11.3. The lowest BCUT2D eigenvalue weighted by atomic mass is 10.1. The zero-order chi connectivity index (χ0) is 12.9. The summed E-state index contributed by atoms with van der Waals surface area (Å²) >= 11 is 0. The molecule has 1 aliphatic rings. The van der Waals surface area contributed by atoms with Crippen molar-refractivity contribution in [1.29, 1.82) is 0 Å². The Morgan fingerprint density at radius 2 is 1.89 bits per heavy atom. The van der Waals surface area contributed by atoms with Crippen LogP contribution in [0.3, 0.4) is 0 Å². The number of pyridine rings is 1. The van der Waals surface area contributed by atoms with E-state index in [1.54, 1.807) is 13.1 Å². The molecule has 1 heterocycles. The fraction of sp³-hybridized carbons (Fsp3) is 0.308. The Labute approximate surface area is 102 Å². The normalized spacial score (nSPS) is 15.1. The van der Waals surface area contributed by atoms with E-state index in [0.29, 0.717) is 17.4 Å². The van der Waals surface area contributed by atoms with Crippen molar-refractivity contribution in [3.63, 3.8) is 0 Å². The molecule has 1 saturated carbocycles. The number of nitrogens with zero attached hydrogens (tertiary/aromatic N) is 1. The van der Waals surface area contributed by atoms with Gasteiger partial charge in [0.15, 0.2) is 11.6 Å². The van der Waals surface area contributed by atoms with Crippen LogP contribution in [0.15, 0.2) is 12.1 Å². The van der Waals surface area contributed by atoms with Gasteiger partial charge in [-0.25, -0.2) is 18.2 Å². The zero-order valence-corrected chi connectivity index (χ0v) is 9.73. The van der Waals surface area contributed by atoms with Crippen LogP contribution in [0, 0.1) is 17.5 Å². The Morgan fingerprint density at radius 3 is 2.50 bits per heavy atom. The average molecular weight is 252 g/mol. The van der Waals surface area contributed by atoms with Crippen molar-refractivity contribution in [2.75, 3.05) is 12.4 Å². The smallest absolute Gasteiger partial charge is 0.185 e. The number of benzene rings is 1. The molecule has 0 saturated heterocycles. The molecule has 1 N–H and O–H groups in total. The molecule has 0 spiro atoms. The van der Waals surface area contributed by atoms with Crippen molar-refractivity contribution < 1.29 is 13.2 Å². The standard InChI is InChI=1S/C13H11F3N2/c1-17-10-5-9(6-2-3-6)18-13-11(10)7(14)4-8(15)12(13)16/h4-6H,2-3H2,1H3,(H,17,18). The Balaban J connectivity index is 2.38. The molecule has 1 aromatic heterocycles. The van der Waals surface area contributed by atoms with E-state index in [-0.39, 0.29) is 16.8 Å². The average Bonchev–Trinajstić information content (AvgIpc) is 3.18. The van der Waals surface area contributed by atoms with Crippen LogP contribution < -0.4 is 5.32 Å². The van der Waals surface area contributed by atoms with E-state index >= 15 is 0 Å². The van der Waals surface area contributed by atoms with E-state index in [1.165, 1.54) is 0 Å². The fourth-order valence-electron chi connectivity index (χ4n) is 2.11. The summed E-state index contributed by atoms with van der Waals surface area (Å²) < 4.78 is 40.7. The summed E-state index contributed by atoms with van der Waals surface area (Å²) in [6.45, 7) is 0. The van der Waals surface area contributed by atoms with Crippen molar-refractivity contribution >= 4 is 16.6 Å². The first-order valence-corrected chi connectivity index (χ1v) is 5.77. The molecule has 0 aliphatic heterocycles. The summed E-state index contributed by atoms with van der Waals surface area (Å²) in [5.41, 5.74) is 0.898. The predicted molar refractivity (Wildman–Crippen MR) is 63.1 cm³/mol. The number of hydrogen-bond acceptors (Lipinski definition) is 2. The Kier molecular flexibility index (Phi) is 2.43. The number of nitrogens with one attached hydrogen (secondary N) is 1. The van der Waals surface area contributed by atoms with Crippen LogP contribution in [0.5, 0.6) is 0 Å². The molecular weight excluding hydrogens is 241 g/mol. The van der Waals surface area contributed by atoms with Crippen molar-refractivity contribution in [3.05, 3.63) is 35.3 Å². The lowest BCUT2D eigenvalue weighted by Gasteiger charge is -2.10. The SMILES string of the molecule is CNc1cc(C2CC2)nc2c(F)c(F)cc(F)c12. The number of anilines is 1. The molecular formula is C13H11F3N2. The largest absolute Gasteiger partial charge is 0.387 e. The molecule has 18 heavy (non-hydrogen) atoms. The summed E-state index contributed by atoms with van der Waals surface area (Å²) in [5, 5.41) is 2.81. The van der Waals surface area contributed by atoms with E-state index < -0.39 is 17.5 Å². The van der Waals surface area contributed by atoms with Crippen molar-refractivity contribution in [2.24, 2.45) is 0 Å². The van der Waals surface area contributed by atoms with Gasteiger partial charge in [0.1, 0.15) is 11.3 Å². The lowest BCUT2D eigenvalue weighted by Crippen LogP contribution is -2.01. The van der Waals surface area contributed by atoms with Gasteiger partial charge in [-0.2, -0.15) is 0 Å². The first-order chi connectivity index (χ1) is 8.61. The molecule has 94 valence electrons. The molecule has 2 aromatic rings. The van der Waals surface area contributed by atoms with E-state index in [9.17, 15) is 13.2 Å². The molecule has 3 rings (SSSR count). The first-order valence-electron chi connectivity index (χ1n) is 5.77. The molecule has 0 unspecified atom stereocenters. The maximum atomic E-state index is 13.7. The molecule has 5 heteroatoms. The molecule has 0 amide bonds. The van der Waals surface area contributed by atoms with Gasteiger partial charge < -0.3 is 5.32 Å². The molecule has 0 atom stereocenters. The summed E-state index contributed by atoms with van der Waals surface area (Å²) in [6, 6.07) is 2.26. The zero-order valence-electron chi connectivity index (χ0n) is 9.73. The van der Waals surface area contributed by atoms with Crippen molar-refractivity contribution in [1.82, 2.24) is 4.98 Å². The molecule has 0 radical (unpaired) electrons. The minimum Gasteiger partial charge on any atom is -0.387 e. The number of halogens is 3. The summed E-state index contributed by atoms with van der Waals surface area (Å²) in [4.78, 5) is 4.07. The molecule has 0 bridgehead atoms. The van der Waals surface area contributed by atoms with Crippen LogP contribution in [0.2, 0.25) is 0 Å². The Morgan fingerprint density at radius 1 is 1.17 bits per heavy atom. The third-order valence-electron chi connectivity index (χ3n) is 3.21. The third kappa shape index (κ3) is 1.62. The topological polar surface area (TPSA) is 24.9 Å². The minimum atomic E-state index is -1.21. The molecule has 1 aliphatic carbocycles. The highest BCUT2D eigenvalue weighted by atomic mass is 19.2. The van der Waals surface area contributed by atoms with Gasteiger partial charge in [0.05, 0.1) is 5.39 Å². The highest BCUT2D eigenvalue weighted by Crippen LogP contribution is 2.41. The van der Waals surface area contributed by atoms with E-state index in [2.05, 4.69) is 10.3 Å². The van der Waals surface area contributed by atoms with Gasteiger partial charge in [0.25, 0.3) is 0 Å². The monoisotopic (exact) mass is 252 g/mol. The van der Waals surface area contributed by atoms with Crippen LogP contribution in [-0.4, -0.2) is 12.0 Å². The maximum absolute atomic E-state index is 13.7. The van der Waals surface area contributed by atoms with Gasteiger partial charge in [-0.05, 0) is 18.9 Å². The quantitative estimate of drug-likeness (QED) is 0.826. The molecule has 1 fully saturated rings. The Bertz CT molecular complexity index is 636. The second kappa shape index (κ2) is 3.86. The number of fused-ring (bicyclic) bond motifs is 1. The summed E-state index contributed by atoms with van der Waals surface area (Å²) in [6.07, 6.45) is 1.97. The van der Waals surface area contributed by atoms with Crippen LogP contribution in [0.25, 0.3) is 10.9 Å². The van der Waals surface area contributed by atoms with Gasteiger partial charge in [0.2, 0.25) is 0 Å². The van der Waals surface area contributed by atoms with Gasteiger partial charge in [-0.3, -0.25) is 0 Å². The van der Waals surface area contributed by atoms with E-state index in [1.807, 2.05) is 0 Å². The lowest BCUT2D eigenvalue weighted by molar-refractivity contribution is 0.504. The summed E-state index contributed by atoms with van der Waals surface area (Å²) in [5.74, 6) is -2.82. The Hall–Kier alpha value is -1.78. The third-order valence-corrected chi connectivity index (χ3v) is 3.21. The van der Waals surface area contributed by atoms with Gasteiger partial charge in [0, 0.05) is 30.4 Å². The fourth-order valence-corrected chi connectivity index (χ4v) is 2.11. The van der Waals surface area contributed by atoms with Crippen LogP contribution in [-0.2, 0) is 0 Å². The maximum Gasteiger partial charge on any atom is 0.185 e. The van der Waals surface area contributed by atoms with Gasteiger partial charge >= 0.3 is 0 Å². The van der Waals surface area contributed by atoms with Gasteiger partial charge in [-0.15, -0.1) is 0 Å². The molecule has 2 nitrogen and oxygen atoms in total. The second-order valence-corrected chi connectivity index (χ2v) is 4.50. The van der Waals surface area contributed by atoms with Crippen LogP contribution >= 0.6 is 0 Å². The summed E-state index contributed by atoms with van der Waals surface area (Å²) in [7, 11) is 1.62. The van der Waals surface area contributed by atoms with E-state index in [0.717, 1.165) is 12.8 Å². The van der Waals surface area contributed by atoms with Crippen LogP contribution in [0.1, 0.15) is 24.5 Å². The predicted octanol–water partition coefficient (Wildman–Crippen LogP) is 3.57. The highest BCUT2D eigenvalue weighted by molar-refractivity contribution is 5.92. The highest BCUT2D eigenvalue weighted by Gasteiger charge is 2.27. The minimum absolute atomic E-state index is 0.000741. The van der Waals surface area contributed by atoms with Crippen molar-refractivity contribution in [2.45, 2.75) is 18.8 Å². The number of aromatic nitrogens is 1. The molecule has 1 aromatic carbocycles. The number of rotatable bonds is 2. The van der Waals surface area contributed by atoms with Crippen LogP contribution in [0.4, 0.5) is 18.9 Å². The van der Waals surface area contributed by atoms with Crippen molar-refractivity contribution in [3.8, 4) is 0 Å². The number of hydrogen-bond donors (Lipinski definition) is 1. The van der Waals surface area contributed by atoms with E-state index in [4.69, 9.17) is 0 Å². The second-order valence-electron chi connectivity index (χ2n) is 4.50. The van der Waals surface area contributed by atoms with Gasteiger partial charge in [-0.1, -0.05) is 0 Å².